The number of nitrogens with one attached hydrogen (secondary N) is 1. The highest BCUT2D eigenvalue weighted by Gasteiger charge is 2.27. The SMILES string of the molecule is O=C(N[C@H](Cc1ccccn1)[C@H](F)CO)c1cccc(F)c1C1=NCC(c2ccc(Cl)cc2)=C1. The molecule has 0 fully saturated rings. The minimum absolute atomic E-state index is 0.0310. The lowest BCUT2D eigenvalue weighted by atomic mass is 9.98. The van der Waals surface area contributed by atoms with E-state index in [1.54, 1.807) is 42.6 Å². The smallest absolute Gasteiger partial charge is 0.252 e. The van der Waals surface area contributed by atoms with Gasteiger partial charge in [0.1, 0.15) is 12.0 Å². The fourth-order valence-electron chi connectivity index (χ4n) is 3.78. The molecule has 1 amide bonds. The molecule has 2 atom stereocenters. The van der Waals surface area contributed by atoms with Crippen LogP contribution in [0.2, 0.25) is 5.02 Å². The fraction of sp³-hybridized carbons (Fsp3) is 0.192. The first kappa shape index (κ1) is 23.7. The van der Waals surface area contributed by atoms with Crippen molar-refractivity contribution < 1.29 is 18.7 Å². The summed E-state index contributed by atoms with van der Waals surface area (Å²) in [5.41, 5.74) is 2.71. The summed E-state index contributed by atoms with van der Waals surface area (Å²) in [6.07, 6.45) is 1.65. The summed E-state index contributed by atoms with van der Waals surface area (Å²) in [6.45, 7) is -0.445. The number of allylic oxidation sites excluding steroid dienone is 1. The second-order valence-corrected chi connectivity index (χ2v) is 8.28. The van der Waals surface area contributed by atoms with E-state index in [0.717, 1.165) is 11.1 Å². The van der Waals surface area contributed by atoms with E-state index in [0.29, 0.717) is 23.0 Å². The minimum Gasteiger partial charge on any atom is -0.393 e. The maximum absolute atomic E-state index is 14.9. The van der Waals surface area contributed by atoms with Gasteiger partial charge in [-0.15, -0.1) is 0 Å². The molecule has 8 heteroatoms. The zero-order chi connectivity index (χ0) is 24.1. The summed E-state index contributed by atoms with van der Waals surface area (Å²) in [6, 6.07) is 15.5. The van der Waals surface area contributed by atoms with Gasteiger partial charge in [0.15, 0.2) is 0 Å². The summed E-state index contributed by atoms with van der Waals surface area (Å²) in [5, 5.41) is 12.6. The summed E-state index contributed by atoms with van der Waals surface area (Å²) < 4.78 is 29.4. The van der Waals surface area contributed by atoms with E-state index in [4.69, 9.17) is 11.6 Å². The van der Waals surface area contributed by atoms with Gasteiger partial charge in [-0.3, -0.25) is 14.8 Å². The largest absolute Gasteiger partial charge is 0.393 e. The number of amides is 1. The number of nitrogens with zero attached hydrogens (tertiary/aromatic N) is 2. The van der Waals surface area contributed by atoms with E-state index in [1.807, 2.05) is 12.1 Å². The number of carbonyl (C=O) groups excluding carboxylic acids is 1. The number of aromatic nitrogens is 1. The molecule has 2 aromatic carbocycles. The average Bonchev–Trinajstić information content (AvgIpc) is 3.33. The Hall–Kier alpha value is -3.42. The molecule has 0 bridgehead atoms. The third-order valence-electron chi connectivity index (χ3n) is 5.54. The molecule has 1 aromatic heterocycles. The van der Waals surface area contributed by atoms with Crippen molar-refractivity contribution in [1.82, 2.24) is 10.3 Å². The minimum atomic E-state index is -1.72. The van der Waals surface area contributed by atoms with Gasteiger partial charge in [-0.2, -0.15) is 0 Å². The molecule has 0 aliphatic carbocycles. The van der Waals surface area contributed by atoms with Crippen LogP contribution >= 0.6 is 11.6 Å². The van der Waals surface area contributed by atoms with Gasteiger partial charge in [0.25, 0.3) is 5.91 Å². The Balaban J connectivity index is 1.60. The maximum Gasteiger partial charge on any atom is 0.252 e. The number of aliphatic imine (C=N–C) groups is 1. The first-order valence-corrected chi connectivity index (χ1v) is 11.1. The van der Waals surface area contributed by atoms with Crippen molar-refractivity contribution in [3.8, 4) is 0 Å². The summed E-state index contributed by atoms with van der Waals surface area (Å²) in [7, 11) is 0. The Labute approximate surface area is 200 Å². The highest BCUT2D eigenvalue weighted by atomic mass is 35.5. The molecular formula is C26H22ClF2N3O2. The third kappa shape index (κ3) is 5.38. The predicted molar refractivity (Wildman–Crippen MR) is 128 cm³/mol. The van der Waals surface area contributed by atoms with Crippen molar-refractivity contribution in [3.63, 3.8) is 0 Å². The van der Waals surface area contributed by atoms with Crippen molar-refractivity contribution in [2.75, 3.05) is 13.2 Å². The van der Waals surface area contributed by atoms with Gasteiger partial charge < -0.3 is 10.4 Å². The number of pyridine rings is 1. The lowest BCUT2D eigenvalue weighted by molar-refractivity contribution is 0.0868. The van der Waals surface area contributed by atoms with E-state index in [9.17, 15) is 18.7 Å². The van der Waals surface area contributed by atoms with Gasteiger partial charge >= 0.3 is 0 Å². The van der Waals surface area contributed by atoms with E-state index in [2.05, 4.69) is 15.3 Å². The maximum atomic E-state index is 14.9. The highest BCUT2D eigenvalue weighted by molar-refractivity contribution is 6.30. The monoisotopic (exact) mass is 481 g/mol. The van der Waals surface area contributed by atoms with Gasteiger partial charge in [0.05, 0.1) is 30.5 Å². The molecule has 4 rings (SSSR count). The Morgan fingerprint density at radius 2 is 1.91 bits per heavy atom. The van der Waals surface area contributed by atoms with Gasteiger partial charge in [-0.1, -0.05) is 35.9 Å². The van der Waals surface area contributed by atoms with Crippen LogP contribution in [-0.2, 0) is 6.42 Å². The molecule has 0 saturated carbocycles. The second kappa shape index (κ2) is 10.7. The van der Waals surface area contributed by atoms with Crippen LogP contribution < -0.4 is 5.32 Å². The van der Waals surface area contributed by atoms with Crippen LogP contribution in [0.3, 0.4) is 0 Å². The Morgan fingerprint density at radius 1 is 1.12 bits per heavy atom. The van der Waals surface area contributed by atoms with Gasteiger partial charge in [0, 0.05) is 28.9 Å². The number of hydrogen-bond donors (Lipinski definition) is 2. The quantitative estimate of drug-likeness (QED) is 0.500. The molecule has 0 radical (unpaired) electrons. The number of carbonyl (C=O) groups is 1. The van der Waals surface area contributed by atoms with E-state index < -0.39 is 30.5 Å². The Morgan fingerprint density at radius 3 is 2.62 bits per heavy atom. The van der Waals surface area contributed by atoms with Crippen LogP contribution in [-0.4, -0.2) is 47.1 Å². The number of halogens is 3. The van der Waals surface area contributed by atoms with Crippen LogP contribution in [0, 0.1) is 5.82 Å². The van der Waals surface area contributed by atoms with E-state index in [-0.39, 0.29) is 17.5 Å². The zero-order valence-electron chi connectivity index (χ0n) is 18.1. The van der Waals surface area contributed by atoms with Gasteiger partial charge in [-0.05, 0) is 53.6 Å². The fourth-order valence-corrected chi connectivity index (χ4v) is 3.90. The average molecular weight is 482 g/mol. The molecule has 34 heavy (non-hydrogen) atoms. The summed E-state index contributed by atoms with van der Waals surface area (Å²) >= 11 is 5.96. The van der Waals surface area contributed by atoms with Gasteiger partial charge in [-0.25, -0.2) is 8.78 Å². The summed E-state index contributed by atoms with van der Waals surface area (Å²) in [5.74, 6) is -1.28. The standard InChI is InChI=1S/C26H22ClF2N3O2/c27-18-9-7-16(8-10-18)17-12-24(31-14-17)25-20(5-3-6-21(25)28)26(34)32-23(22(29)15-33)13-19-4-1-2-11-30-19/h1-12,22-23,33H,13-15H2,(H,32,34)/t22-,23-/m1/s1. The molecule has 0 unspecified atom stereocenters. The van der Waals surface area contributed by atoms with Crippen molar-refractivity contribution in [3.05, 3.63) is 106 Å². The number of aliphatic hydroxyl groups is 1. The van der Waals surface area contributed by atoms with E-state index in [1.165, 1.54) is 18.2 Å². The second-order valence-electron chi connectivity index (χ2n) is 7.84. The molecule has 0 spiro atoms. The molecule has 2 N–H and O–H groups in total. The lowest BCUT2D eigenvalue weighted by Crippen LogP contribution is -2.45. The molecule has 174 valence electrons. The van der Waals surface area contributed by atoms with Crippen LogP contribution in [0.4, 0.5) is 8.78 Å². The number of rotatable bonds is 8. The van der Waals surface area contributed by atoms with Crippen molar-refractivity contribution in [2.45, 2.75) is 18.6 Å². The summed E-state index contributed by atoms with van der Waals surface area (Å²) in [4.78, 5) is 21.7. The third-order valence-corrected chi connectivity index (χ3v) is 5.79. The molecule has 5 nitrogen and oxygen atoms in total. The molecule has 1 aliphatic rings. The highest BCUT2D eigenvalue weighted by Crippen LogP contribution is 2.26. The number of benzene rings is 2. The normalized spacial score (nSPS) is 14.8. The molecule has 3 aromatic rings. The van der Waals surface area contributed by atoms with E-state index >= 15 is 0 Å². The Bertz CT molecular complexity index is 1230. The Kier molecular flexibility index (Phi) is 7.45. The molecular weight excluding hydrogens is 460 g/mol. The van der Waals surface area contributed by atoms with Crippen molar-refractivity contribution in [1.29, 1.82) is 0 Å². The molecule has 1 aliphatic heterocycles. The van der Waals surface area contributed by atoms with Crippen molar-refractivity contribution >= 4 is 28.8 Å². The lowest BCUT2D eigenvalue weighted by Gasteiger charge is -2.22. The van der Waals surface area contributed by atoms with Crippen LogP contribution in [0.5, 0.6) is 0 Å². The first-order valence-electron chi connectivity index (χ1n) is 10.7. The number of hydrogen-bond acceptors (Lipinski definition) is 4. The molecule has 0 saturated heterocycles. The van der Waals surface area contributed by atoms with Crippen molar-refractivity contribution in [2.24, 2.45) is 4.99 Å². The number of alkyl halides is 1. The molecule has 2 heterocycles. The topological polar surface area (TPSA) is 74.6 Å². The van der Waals surface area contributed by atoms with Gasteiger partial charge in [0.2, 0.25) is 0 Å². The zero-order valence-corrected chi connectivity index (χ0v) is 18.8. The first-order chi connectivity index (χ1) is 16.5. The van der Waals surface area contributed by atoms with Crippen LogP contribution in [0.25, 0.3) is 5.57 Å². The predicted octanol–water partition coefficient (Wildman–Crippen LogP) is 4.43. The van der Waals surface area contributed by atoms with Crippen LogP contribution in [0.15, 0.2) is 77.9 Å². The van der Waals surface area contributed by atoms with Crippen LogP contribution in [0.1, 0.15) is 27.2 Å². The number of aliphatic hydroxyl groups excluding tert-OH is 1.